The lowest BCUT2D eigenvalue weighted by atomic mass is 10.3. The molecule has 0 saturated carbocycles. The summed E-state index contributed by atoms with van der Waals surface area (Å²) in [6, 6.07) is 0.121. The largest absolute Gasteiger partial charge is 0.327 e. The zero-order chi connectivity index (χ0) is 10.8. The molecule has 4 N–H and O–H groups in total. The zero-order valence-corrected chi connectivity index (χ0v) is 10.4. The standard InChI is InChI=1S/C7H18N4O2S.ClH/c1-7(8)6-10-2-4-11(5-3-10)14(9,12)13;/h7H,2-6,8H2,1H3,(H2,9,12,13);1H. The molecule has 92 valence electrons. The molecule has 0 spiro atoms. The minimum Gasteiger partial charge on any atom is -0.327 e. The summed E-state index contributed by atoms with van der Waals surface area (Å²) < 4.78 is 23.2. The molecule has 0 aromatic heterocycles. The third-order valence-corrected chi connectivity index (χ3v) is 3.32. The molecule has 1 rings (SSSR count). The van der Waals surface area contributed by atoms with Crippen LogP contribution in [0, 0.1) is 0 Å². The molecule has 1 heterocycles. The van der Waals surface area contributed by atoms with E-state index < -0.39 is 10.2 Å². The minimum atomic E-state index is -3.50. The summed E-state index contributed by atoms with van der Waals surface area (Å²) in [6.45, 7) is 5.08. The number of hydrogen-bond donors (Lipinski definition) is 2. The summed E-state index contributed by atoms with van der Waals surface area (Å²) in [5.41, 5.74) is 5.65. The Morgan fingerprint density at radius 2 is 1.73 bits per heavy atom. The Kier molecular flexibility index (Phi) is 6.01. The van der Waals surface area contributed by atoms with E-state index >= 15 is 0 Å². The number of nitrogens with zero attached hydrogens (tertiary/aromatic N) is 2. The molecule has 1 unspecified atom stereocenters. The van der Waals surface area contributed by atoms with Gasteiger partial charge in [-0.25, -0.2) is 5.14 Å². The van der Waals surface area contributed by atoms with Crippen molar-refractivity contribution in [2.45, 2.75) is 13.0 Å². The molecular formula is C7H19ClN4O2S. The predicted octanol–water partition coefficient (Wildman–Crippen LogP) is -1.42. The lowest BCUT2D eigenvalue weighted by Gasteiger charge is -2.33. The van der Waals surface area contributed by atoms with Gasteiger partial charge in [0.1, 0.15) is 0 Å². The lowest BCUT2D eigenvalue weighted by molar-refractivity contribution is 0.182. The Bertz CT molecular complexity index is 275. The number of nitrogens with two attached hydrogens (primary N) is 2. The maximum atomic E-state index is 11.0. The fraction of sp³-hybridized carbons (Fsp3) is 1.00. The van der Waals surface area contributed by atoms with Gasteiger partial charge >= 0.3 is 0 Å². The molecule has 15 heavy (non-hydrogen) atoms. The van der Waals surface area contributed by atoms with E-state index in [1.165, 1.54) is 4.31 Å². The van der Waals surface area contributed by atoms with Gasteiger partial charge < -0.3 is 5.73 Å². The molecule has 1 saturated heterocycles. The van der Waals surface area contributed by atoms with E-state index in [0.29, 0.717) is 26.2 Å². The van der Waals surface area contributed by atoms with Crippen molar-refractivity contribution >= 4 is 22.6 Å². The number of piperazine rings is 1. The Morgan fingerprint density at radius 3 is 2.07 bits per heavy atom. The zero-order valence-electron chi connectivity index (χ0n) is 8.80. The van der Waals surface area contributed by atoms with E-state index in [-0.39, 0.29) is 18.4 Å². The Hall–Kier alpha value is 0.0800. The fourth-order valence-electron chi connectivity index (χ4n) is 1.57. The molecule has 0 bridgehead atoms. The second-order valence-corrected chi connectivity index (χ2v) is 5.27. The SMILES string of the molecule is CC(N)CN1CCN(S(N)(=O)=O)CC1.Cl. The van der Waals surface area contributed by atoms with Crippen LogP contribution in [-0.4, -0.2) is 56.4 Å². The van der Waals surface area contributed by atoms with Gasteiger partial charge in [0.15, 0.2) is 0 Å². The molecule has 0 radical (unpaired) electrons. The van der Waals surface area contributed by atoms with Crippen LogP contribution in [0.3, 0.4) is 0 Å². The third-order valence-electron chi connectivity index (χ3n) is 2.24. The second-order valence-electron chi connectivity index (χ2n) is 3.72. The molecule has 6 nitrogen and oxygen atoms in total. The van der Waals surface area contributed by atoms with Gasteiger partial charge in [-0.3, -0.25) is 4.90 Å². The average Bonchev–Trinajstić information content (AvgIpc) is 2.02. The Labute approximate surface area is 97.2 Å². The summed E-state index contributed by atoms with van der Waals surface area (Å²) in [4.78, 5) is 2.15. The van der Waals surface area contributed by atoms with E-state index in [9.17, 15) is 8.42 Å². The summed E-state index contributed by atoms with van der Waals surface area (Å²) in [5, 5.41) is 5.01. The summed E-state index contributed by atoms with van der Waals surface area (Å²) >= 11 is 0. The van der Waals surface area contributed by atoms with Crippen LogP contribution >= 0.6 is 12.4 Å². The molecule has 1 fully saturated rings. The first-order valence-electron chi connectivity index (χ1n) is 4.65. The predicted molar refractivity (Wildman–Crippen MR) is 62.0 cm³/mol. The highest BCUT2D eigenvalue weighted by molar-refractivity contribution is 7.86. The number of rotatable bonds is 3. The lowest BCUT2D eigenvalue weighted by Crippen LogP contribution is -2.52. The molecule has 0 aromatic rings. The van der Waals surface area contributed by atoms with Crippen molar-refractivity contribution in [3.63, 3.8) is 0 Å². The van der Waals surface area contributed by atoms with Crippen molar-refractivity contribution < 1.29 is 8.42 Å². The van der Waals surface area contributed by atoms with Gasteiger partial charge in [-0.2, -0.15) is 12.7 Å². The summed E-state index contributed by atoms with van der Waals surface area (Å²) in [7, 11) is -3.50. The average molecular weight is 259 g/mol. The van der Waals surface area contributed by atoms with E-state index in [2.05, 4.69) is 4.90 Å². The van der Waals surface area contributed by atoms with E-state index in [4.69, 9.17) is 10.9 Å². The van der Waals surface area contributed by atoms with Crippen LogP contribution in [0.4, 0.5) is 0 Å². The highest BCUT2D eigenvalue weighted by Crippen LogP contribution is 2.04. The molecular weight excluding hydrogens is 240 g/mol. The van der Waals surface area contributed by atoms with Crippen molar-refractivity contribution in [2.75, 3.05) is 32.7 Å². The van der Waals surface area contributed by atoms with Gasteiger partial charge in [-0.05, 0) is 6.92 Å². The second kappa shape index (κ2) is 5.97. The first-order valence-corrected chi connectivity index (χ1v) is 6.15. The minimum absolute atomic E-state index is 0. The van der Waals surface area contributed by atoms with Gasteiger partial charge in [-0.1, -0.05) is 0 Å². The molecule has 1 atom stereocenters. The molecule has 0 aliphatic carbocycles. The van der Waals surface area contributed by atoms with Crippen LogP contribution < -0.4 is 10.9 Å². The molecule has 8 heteroatoms. The topological polar surface area (TPSA) is 92.7 Å². The highest BCUT2D eigenvalue weighted by Gasteiger charge is 2.23. The normalized spacial score (nSPS) is 22.1. The van der Waals surface area contributed by atoms with Crippen LogP contribution in [0.25, 0.3) is 0 Å². The van der Waals surface area contributed by atoms with Gasteiger partial charge in [-0.15, -0.1) is 12.4 Å². The van der Waals surface area contributed by atoms with Gasteiger partial charge in [0.05, 0.1) is 0 Å². The quantitative estimate of drug-likeness (QED) is 0.650. The van der Waals surface area contributed by atoms with Gasteiger partial charge in [0.25, 0.3) is 10.2 Å². The van der Waals surface area contributed by atoms with Gasteiger partial charge in [0, 0.05) is 38.8 Å². The summed E-state index contributed by atoms with van der Waals surface area (Å²) in [5.74, 6) is 0. The van der Waals surface area contributed by atoms with E-state index in [1.54, 1.807) is 0 Å². The first kappa shape index (κ1) is 15.1. The van der Waals surface area contributed by atoms with E-state index in [1.807, 2.05) is 6.92 Å². The molecule has 0 aromatic carbocycles. The number of hydrogen-bond acceptors (Lipinski definition) is 4. The first-order chi connectivity index (χ1) is 6.39. The molecule has 0 amide bonds. The highest BCUT2D eigenvalue weighted by atomic mass is 35.5. The summed E-state index contributed by atoms with van der Waals surface area (Å²) in [6.07, 6.45) is 0. The van der Waals surface area contributed by atoms with Crippen molar-refractivity contribution in [3.05, 3.63) is 0 Å². The maximum absolute atomic E-state index is 11.0. The van der Waals surface area contributed by atoms with Crippen molar-refractivity contribution in [1.82, 2.24) is 9.21 Å². The van der Waals surface area contributed by atoms with Crippen molar-refractivity contribution in [2.24, 2.45) is 10.9 Å². The Morgan fingerprint density at radius 1 is 1.27 bits per heavy atom. The van der Waals surface area contributed by atoms with Crippen LogP contribution in [0.15, 0.2) is 0 Å². The monoisotopic (exact) mass is 258 g/mol. The van der Waals surface area contributed by atoms with Crippen molar-refractivity contribution in [3.8, 4) is 0 Å². The Balaban J connectivity index is 0.00000196. The maximum Gasteiger partial charge on any atom is 0.276 e. The van der Waals surface area contributed by atoms with Gasteiger partial charge in [0.2, 0.25) is 0 Å². The van der Waals surface area contributed by atoms with E-state index in [0.717, 1.165) is 6.54 Å². The fourth-order valence-corrected chi connectivity index (χ4v) is 2.25. The van der Waals surface area contributed by atoms with Crippen LogP contribution in [0.5, 0.6) is 0 Å². The molecule has 1 aliphatic heterocycles. The van der Waals surface area contributed by atoms with Crippen LogP contribution in [0.2, 0.25) is 0 Å². The van der Waals surface area contributed by atoms with Crippen LogP contribution in [0.1, 0.15) is 6.92 Å². The van der Waals surface area contributed by atoms with Crippen molar-refractivity contribution in [1.29, 1.82) is 0 Å². The third kappa shape index (κ3) is 5.10. The molecule has 1 aliphatic rings. The smallest absolute Gasteiger partial charge is 0.276 e. The van der Waals surface area contributed by atoms with Crippen LogP contribution in [-0.2, 0) is 10.2 Å². The number of halogens is 1.